The van der Waals surface area contributed by atoms with Crippen LogP contribution >= 0.6 is 0 Å². The second-order valence-electron chi connectivity index (χ2n) is 7.98. The number of nitrogens with zero attached hydrogens (tertiary/aromatic N) is 1. The molecule has 3 aliphatic rings. The van der Waals surface area contributed by atoms with Crippen LogP contribution in [0, 0.1) is 5.92 Å². The monoisotopic (exact) mass is 478 g/mol. The molecule has 3 aliphatic heterocycles. The predicted molar refractivity (Wildman–Crippen MR) is 103 cm³/mol. The van der Waals surface area contributed by atoms with Crippen LogP contribution in [0.5, 0.6) is 0 Å². The number of piperidine rings is 3. The number of nitrogens with one attached hydrogen (secondary N) is 1. The number of likely N-dealkylation sites (N-methyl/N-ethyl adjacent to an activating group) is 1. The zero-order valence-corrected chi connectivity index (χ0v) is 17.9. The molecule has 2 aromatic rings. The van der Waals surface area contributed by atoms with Crippen molar-refractivity contribution in [3.63, 3.8) is 0 Å². The van der Waals surface area contributed by atoms with E-state index in [0.717, 1.165) is 28.7 Å². The van der Waals surface area contributed by atoms with Gasteiger partial charge in [-0.1, -0.05) is 48.5 Å². The molecule has 2 aromatic carbocycles. The van der Waals surface area contributed by atoms with E-state index in [4.69, 9.17) is 4.74 Å². The van der Waals surface area contributed by atoms with E-state index in [9.17, 15) is 4.79 Å². The number of carbonyl (C=O) groups is 1. The van der Waals surface area contributed by atoms with Gasteiger partial charge in [-0.15, -0.1) is 0 Å². The van der Waals surface area contributed by atoms with Gasteiger partial charge in [0.1, 0.15) is 6.54 Å². The summed E-state index contributed by atoms with van der Waals surface area (Å²) in [4.78, 5) is 12.5. The van der Waals surface area contributed by atoms with E-state index < -0.39 is 0 Å². The molecule has 2 bridgehead atoms. The minimum Gasteiger partial charge on any atom is -1.00 e. The molecule has 3 fully saturated rings. The molecule has 1 atom stereocenters. The number of quaternary nitrogens is 1. The van der Waals surface area contributed by atoms with Crippen molar-refractivity contribution in [3.05, 3.63) is 65.7 Å². The highest BCUT2D eigenvalue weighted by Crippen LogP contribution is 2.34. The van der Waals surface area contributed by atoms with Crippen LogP contribution in [0.4, 0.5) is 10.5 Å². The summed E-state index contributed by atoms with van der Waals surface area (Å²) in [6.07, 6.45) is 2.84. The Morgan fingerprint density at radius 2 is 1.74 bits per heavy atom. The summed E-state index contributed by atoms with van der Waals surface area (Å²) in [7, 11) is 2.28. The number of ether oxygens (including phenoxy) is 1. The van der Waals surface area contributed by atoms with Gasteiger partial charge in [-0.25, -0.2) is 4.79 Å². The summed E-state index contributed by atoms with van der Waals surface area (Å²) in [6.45, 7) is 3.38. The normalized spacial score (nSPS) is 26.1. The molecular formula is C22H27IN2O2. The Hall–Kier alpha value is -1.60. The molecule has 144 valence electrons. The molecule has 5 rings (SSSR count). The molecule has 0 radical (unpaired) electrons. The van der Waals surface area contributed by atoms with Crippen LogP contribution in [-0.4, -0.2) is 43.4 Å². The Morgan fingerprint density at radius 3 is 2.44 bits per heavy atom. The van der Waals surface area contributed by atoms with Crippen LogP contribution in [0.3, 0.4) is 0 Å². The molecule has 5 heteroatoms. The molecule has 4 nitrogen and oxygen atoms in total. The lowest BCUT2D eigenvalue weighted by atomic mass is 9.84. The lowest BCUT2D eigenvalue weighted by molar-refractivity contribution is -0.928. The molecule has 0 saturated carbocycles. The number of amides is 1. The van der Waals surface area contributed by atoms with Crippen molar-refractivity contribution >= 4 is 11.8 Å². The van der Waals surface area contributed by atoms with Gasteiger partial charge in [-0.2, -0.15) is 0 Å². The van der Waals surface area contributed by atoms with Gasteiger partial charge in [0.2, 0.25) is 0 Å². The van der Waals surface area contributed by atoms with Gasteiger partial charge in [0, 0.05) is 24.4 Å². The quantitative estimate of drug-likeness (QED) is 0.528. The second-order valence-corrected chi connectivity index (χ2v) is 7.98. The van der Waals surface area contributed by atoms with Crippen LogP contribution in [0.25, 0.3) is 0 Å². The summed E-state index contributed by atoms with van der Waals surface area (Å²) in [5.74, 6) is 0.528. The summed E-state index contributed by atoms with van der Waals surface area (Å²) in [5.41, 5.74) is 3.16. The van der Waals surface area contributed by atoms with Gasteiger partial charge in [0.15, 0.2) is 6.10 Å². The van der Waals surface area contributed by atoms with Crippen molar-refractivity contribution in [3.8, 4) is 0 Å². The number of benzene rings is 2. The van der Waals surface area contributed by atoms with Crippen LogP contribution < -0.4 is 29.3 Å². The Bertz CT molecular complexity index is 773. The molecule has 0 aliphatic carbocycles. The number of hydrogen-bond donors (Lipinski definition) is 1. The molecule has 0 unspecified atom stereocenters. The molecule has 3 saturated heterocycles. The summed E-state index contributed by atoms with van der Waals surface area (Å²) in [6, 6.07) is 18.3. The van der Waals surface area contributed by atoms with Gasteiger partial charge in [0.05, 0.1) is 20.1 Å². The molecule has 0 aromatic heterocycles. The molecule has 3 heterocycles. The first kappa shape index (κ1) is 20.1. The lowest BCUT2D eigenvalue weighted by Gasteiger charge is -2.49. The topological polar surface area (TPSA) is 38.3 Å². The van der Waals surface area contributed by atoms with Gasteiger partial charge in [-0.3, -0.25) is 5.32 Å². The Balaban J connectivity index is 0.00000210. The van der Waals surface area contributed by atoms with Crippen molar-refractivity contribution in [1.29, 1.82) is 0 Å². The number of para-hydroxylation sites is 1. The largest absolute Gasteiger partial charge is 1.00 e. The maximum absolute atomic E-state index is 12.5. The standard InChI is InChI=1S/C22H26N2O2.HI/c1-24-13-11-18(12-14-24)21(16-24)26-22(25)23-20-10-6-5-9-19(20)15-17-7-3-2-4-8-17;/h2-10,18,21H,11-16H2,1H3;1H/t18?,21-,24?;/m0./s1. The van der Waals surface area contributed by atoms with Crippen molar-refractivity contribution in [2.75, 3.05) is 32.0 Å². The highest BCUT2D eigenvalue weighted by molar-refractivity contribution is 5.85. The van der Waals surface area contributed by atoms with Gasteiger partial charge < -0.3 is 33.2 Å². The van der Waals surface area contributed by atoms with Crippen LogP contribution in [0.15, 0.2) is 54.6 Å². The number of hydrogen-bond acceptors (Lipinski definition) is 2. The zero-order valence-electron chi connectivity index (χ0n) is 15.7. The van der Waals surface area contributed by atoms with E-state index in [2.05, 4.69) is 30.6 Å². The maximum Gasteiger partial charge on any atom is 0.412 e. The first-order valence-electron chi connectivity index (χ1n) is 9.54. The van der Waals surface area contributed by atoms with Gasteiger partial charge in [-0.05, 0) is 23.6 Å². The molecule has 27 heavy (non-hydrogen) atoms. The molecule has 0 spiro atoms. The highest BCUT2D eigenvalue weighted by Gasteiger charge is 2.45. The third-order valence-corrected chi connectivity index (χ3v) is 5.98. The number of anilines is 1. The van der Waals surface area contributed by atoms with Crippen molar-refractivity contribution in [2.24, 2.45) is 5.92 Å². The lowest BCUT2D eigenvalue weighted by Crippen LogP contribution is -3.00. The Kier molecular flexibility index (Phi) is 6.42. The third kappa shape index (κ3) is 4.82. The number of carbonyl (C=O) groups excluding carboxylic acids is 1. The first-order chi connectivity index (χ1) is 12.6. The van der Waals surface area contributed by atoms with E-state index in [1.54, 1.807) is 0 Å². The third-order valence-electron chi connectivity index (χ3n) is 5.98. The number of rotatable bonds is 4. The summed E-state index contributed by atoms with van der Waals surface area (Å²) in [5, 5.41) is 2.98. The van der Waals surface area contributed by atoms with Crippen LogP contribution in [0.2, 0.25) is 0 Å². The zero-order chi connectivity index (χ0) is 18.0. The van der Waals surface area contributed by atoms with E-state index in [1.807, 2.05) is 36.4 Å². The summed E-state index contributed by atoms with van der Waals surface area (Å²) < 4.78 is 6.87. The Labute approximate surface area is 178 Å². The van der Waals surface area contributed by atoms with Crippen molar-refractivity contribution in [2.45, 2.75) is 25.4 Å². The Morgan fingerprint density at radius 1 is 1.07 bits per heavy atom. The maximum atomic E-state index is 12.5. The van der Waals surface area contributed by atoms with E-state index >= 15 is 0 Å². The van der Waals surface area contributed by atoms with Crippen molar-refractivity contribution < 1.29 is 38.0 Å². The smallest absolute Gasteiger partial charge is 0.412 e. The highest BCUT2D eigenvalue weighted by atomic mass is 127. The van der Waals surface area contributed by atoms with Gasteiger partial charge in [0.25, 0.3) is 0 Å². The summed E-state index contributed by atoms with van der Waals surface area (Å²) >= 11 is 0. The van der Waals surface area contributed by atoms with Gasteiger partial charge >= 0.3 is 6.09 Å². The average Bonchev–Trinajstić information content (AvgIpc) is 2.64. The number of fused-ring (bicyclic) bond motifs is 3. The van der Waals surface area contributed by atoms with Crippen molar-refractivity contribution in [1.82, 2.24) is 0 Å². The van der Waals surface area contributed by atoms with E-state index in [-0.39, 0.29) is 36.2 Å². The SMILES string of the molecule is C[N+]12CCC(CC1)[C@@H](OC(=O)Nc1ccccc1Cc1ccccc1)C2.[I-]. The van der Waals surface area contributed by atoms with E-state index in [0.29, 0.717) is 5.92 Å². The minimum absolute atomic E-state index is 0. The second kappa shape index (κ2) is 8.61. The van der Waals surface area contributed by atoms with E-state index in [1.165, 1.54) is 31.5 Å². The number of halogens is 1. The van der Waals surface area contributed by atoms with Crippen LogP contribution in [-0.2, 0) is 11.2 Å². The fourth-order valence-corrected chi connectivity index (χ4v) is 4.37. The fourth-order valence-electron chi connectivity index (χ4n) is 4.37. The first-order valence-corrected chi connectivity index (χ1v) is 9.54. The fraction of sp³-hybridized carbons (Fsp3) is 0.409. The minimum atomic E-state index is -0.323. The molecular weight excluding hydrogens is 451 g/mol. The predicted octanol–water partition coefficient (Wildman–Crippen LogP) is 1.07. The molecule has 1 amide bonds. The van der Waals surface area contributed by atoms with Crippen LogP contribution in [0.1, 0.15) is 24.0 Å². The molecule has 1 N–H and O–H groups in total. The average molecular weight is 478 g/mol.